The Morgan fingerprint density at radius 3 is 2.42 bits per heavy atom. The van der Waals surface area contributed by atoms with E-state index in [-0.39, 0.29) is 5.69 Å². The second-order valence-electron chi connectivity index (χ2n) is 5.28. The molecule has 3 N–H and O–H groups in total. The van der Waals surface area contributed by atoms with Crippen molar-refractivity contribution < 1.29 is 14.3 Å². The second-order valence-corrected chi connectivity index (χ2v) is 6.14. The van der Waals surface area contributed by atoms with Gasteiger partial charge in [-0.05, 0) is 58.4 Å². The third-order valence-corrected chi connectivity index (χ3v) is 4.31. The summed E-state index contributed by atoms with van der Waals surface area (Å²) in [4.78, 5) is 24.3. The van der Waals surface area contributed by atoms with Gasteiger partial charge in [0.2, 0.25) is 0 Å². The maximum absolute atomic E-state index is 12.2. The van der Waals surface area contributed by atoms with E-state index in [0.29, 0.717) is 15.7 Å². The maximum Gasteiger partial charge on any atom is 0.287 e. The third kappa shape index (κ3) is 3.92. The number of hydrogen-bond donors (Lipinski definition) is 3. The molecule has 132 valence electrons. The van der Waals surface area contributed by atoms with Crippen molar-refractivity contribution in [2.75, 3.05) is 7.11 Å². The highest BCUT2D eigenvalue weighted by atomic mass is 79.9. The van der Waals surface area contributed by atoms with Crippen LogP contribution in [0.1, 0.15) is 20.8 Å². The first-order valence-corrected chi connectivity index (χ1v) is 8.43. The number of ether oxygens (including phenoxy) is 1. The van der Waals surface area contributed by atoms with E-state index >= 15 is 0 Å². The van der Waals surface area contributed by atoms with Gasteiger partial charge in [-0.25, -0.2) is 0 Å². The Morgan fingerprint density at radius 2 is 1.73 bits per heavy atom. The predicted octanol–water partition coefficient (Wildman–Crippen LogP) is 2.92. The number of nitrogens with zero attached hydrogens (tertiary/aromatic N) is 1. The van der Waals surface area contributed by atoms with E-state index in [1.807, 2.05) is 24.3 Å². The van der Waals surface area contributed by atoms with Crippen molar-refractivity contribution in [2.45, 2.75) is 0 Å². The monoisotopic (exact) mass is 414 g/mol. The molecule has 7 nitrogen and oxygen atoms in total. The summed E-state index contributed by atoms with van der Waals surface area (Å²) in [6.45, 7) is 0. The van der Waals surface area contributed by atoms with Crippen molar-refractivity contribution in [1.82, 2.24) is 21.0 Å². The number of hydrazine groups is 1. The number of rotatable bonds is 4. The first-order chi connectivity index (χ1) is 12.6. The van der Waals surface area contributed by atoms with Gasteiger partial charge in [-0.2, -0.15) is 5.10 Å². The zero-order valence-electron chi connectivity index (χ0n) is 13.7. The van der Waals surface area contributed by atoms with E-state index in [4.69, 9.17) is 4.74 Å². The average Bonchev–Trinajstić information content (AvgIpc) is 3.16. The number of hydrogen-bond acceptors (Lipinski definition) is 4. The normalized spacial score (nSPS) is 10.2. The Hall–Kier alpha value is -3.13. The van der Waals surface area contributed by atoms with Crippen molar-refractivity contribution in [3.8, 4) is 17.0 Å². The summed E-state index contributed by atoms with van der Waals surface area (Å²) in [5, 5.41) is 6.77. The Balaban J connectivity index is 1.64. The minimum Gasteiger partial charge on any atom is -0.497 e. The van der Waals surface area contributed by atoms with E-state index in [2.05, 4.69) is 37.0 Å². The molecule has 26 heavy (non-hydrogen) atoms. The van der Waals surface area contributed by atoms with Gasteiger partial charge in [-0.3, -0.25) is 25.5 Å². The molecule has 0 saturated carbocycles. The van der Waals surface area contributed by atoms with Gasteiger partial charge in [0.05, 0.1) is 18.4 Å². The molecule has 1 heterocycles. The van der Waals surface area contributed by atoms with Gasteiger partial charge in [-0.15, -0.1) is 0 Å². The highest BCUT2D eigenvalue weighted by Gasteiger charge is 2.14. The van der Waals surface area contributed by atoms with Gasteiger partial charge in [-0.1, -0.05) is 12.1 Å². The van der Waals surface area contributed by atoms with E-state index < -0.39 is 11.8 Å². The molecule has 2 amide bonds. The fourth-order valence-corrected chi connectivity index (χ4v) is 2.71. The lowest BCUT2D eigenvalue weighted by Gasteiger charge is -2.07. The van der Waals surface area contributed by atoms with E-state index in [0.717, 1.165) is 11.3 Å². The lowest BCUT2D eigenvalue weighted by molar-refractivity contribution is 0.0843. The molecule has 0 aliphatic carbocycles. The molecular weight excluding hydrogens is 400 g/mol. The van der Waals surface area contributed by atoms with Crippen LogP contribution in [0.25, 0.3) is 11.3 Å². The Kier molecular flexibility index (Phi) is 5.33. The highest BCUT2D eigenvalue weighted by molar-refractivity contribution is 9.10. The smallest absolute Gasteiger partial charge is 0.287 e. The number of methoxy groups -OCH3 is 1. The van der Waals surface area contributed by atoms with Crippen molar-refractivity contribution in [1.29, 1.82) is 0 Å². The molecule has 2 aromatic carbocycles. The average molecular weight is 415 g/mol. The van der Waals surface area contributed by atoms with Crippen molar-refractivity contribution >= 4 is 27.7 Å². The van der Waals surface area contributed by atoms with Gasteiger partial charge in [0.1, 0.15) is 11.4 Å². The number of carbonyl (C=O) groups is 2. The van der Waals surface area contributed by atoms with E-state index in [1.54, 1.807) is 37.4 Å². The predicted molar refractivity (Wildman–Crippen MR) is 99.7 cm³/mol. The number of amides is 2. The number of carbonyl (C=O) groups excluding carboxylic acids is 2. The van der Waals surface area contributed by atoms with Crippen molar-refractivity contribution in [3.05, 3.63) is 70.3 Å². The van der Waals surface area contributed by atoms with Crippen molar-refractivity contribution in [2.24, 2.45) is 0 Å². The summed E-state index contributed by atoms with van der Waals surface area (Å²) in [5.74, 6) is -0.199. The minimum absolute atomic E-state index is 0.225. The quantitative estimate of drug-likeness (QED) is 0.571. The summed E-state index contributed by atoms with van der Waals surface area (Å²) < 4.78 is 5.75. The van der Waals surface area contributed by atoms with Gasteiger partial charge in [0, 0.05) is 10.0 Å². The van der Waals surface area contributed by atoms with Gasteiger partial charge < -0.3 is 4.74 Å². The Morgan fingerprint density at radius 1 is 1.04 bits per heavy atom. The van der Waals surface area contributed by atoms with Crippen LogP contribution in [0.5, 0.6) is 5.75 Å². The maximum atomic E-state index is 12.2. The molecule has 0 atom stereocenters. The molecular formula is C18H15BrN4O3. The molecule has 0 fully saturated rings. The van der Waals surface area contributed by atoms with Crippen LogP contribution in [0.3, 0.4) is 0 Å². The van der Waals surface area contributed by atoms with Crippen LogP contribution in [0.4, 0.5) is 0 Å². The summed E-state index contributed by atoms with van der Waals surface area (Å²) in [6.07, 6.45) is 0. The zero-order chi connectivity index (χ0) is 18.5. The number of aromatic amines is 1. The molecule has 3 rings (SSSR count). The van der Waals surface area contributed by atoms with Gasteiger partial charge >= 0.3 is 0 Å². The third-order valence-electron chi connectivity index (χ3n) is 3.62. The Labute approximate surface area is 157 Å². The van der Waals surface area contributed by atoms with Crippen LogP contribution in [0, 0.1) is 0 Å². The lowest BCUT2D eigenvalue weighted by Crippen LogP contribution is -2.41. The number of nitrogens with one attached hydrogen (secondary N) is 3. The van der Waals surface area contributed by atoms with E-state index in [9.17, 15) is 9.59 Å². The molecule has 0 radical (unpaired) electrons. The number of benzene rings is 2. The topological polar surface area (TPSA) is 96.1 Å². The number of aromatic nitrogens is 2. The molecule has 0 unspecified atom stereocenters. The molecule has 0 bridgehead atoms. The fraction of sp³-hybridized carbons (Fsp3) is 0.0556. The molecule has 0 aliphatic rings. The molecule has 0 saturated heterocycles. The largest absolute Gasteiger partial charge is 0.497 e. The molecule has 1 aromatic heterocycles. The van der Waals surface area contributed by atoms with Crippen LogP contribution < -0.4 is 15.6 Å². The molecule has 3 aromatic rings. The highest BCUT2D eigenvalue weighted by Crippen LogP contribution is 2.21. The minimum atomic E-state index is -0.502. The lowest BCUT2D eigenvalue weighted by atomic mass is 10.1. The molecule has 0 spiro atoms. The second kappa shape index (κ2) is 7.83. The van der Waals surface area contributed by atoms with Crippen molar-refractivity contribution in [3.63, 3.8) is 0 Å². The number of H-pyrrole nitrogens is 1. The summed E-state index contributed by atoms with van der Waals surface area (Å²) in [5.41, 5.74) is 6.80. The van der Waals surface area contributed by atoms with Crippen LogP contribution in [0.15, 0.2) is 59.1 Å². The van der Waals surface area contributed by atoms with Crippen LogP contribution in [0.2, 0.25) is 0 Å². The zero-order valence-corrected chi connectivity index (χ0v) is 15.3. The standard InChI is InChI=1S/C18H15BrN4O3/c1-26-12-8-6-11(7-9-12)15-10-16(21-20-15)18(25)23-22-17(24)13-4-2-3-5-14(13)19/h2-10H,1H3,(H,20,21)(H,22,24)(H,23,25). The van der Waals surface area contributed by atoms with Crippen LogP contribution in [-0.2, 0) is 0 Å². The Bertz CT molecular complexity index is 938. The SMILES string of the molecule is COc1ccc(-c2cc(C(=O)NNC(=O)c3ccccc3Br)[nH]n2)cc1. The van der Waals surface area contributed by atoms with Gasteiger partial charge in [0.25, 0.3) is 11.8 Å². The van der Waals surface area contributed by atoms with Crippen LogP contribution in [-0.4, -0.2) is 29.1 Å². The summed E-state index contributed by atoms with van der Waals surface area (Å²) in [6, 6.07) is 15.8. The molecule has 8 heteroatoms. The summed E-state index contributed by atoms with van der Waals surface area (Å²) >= 11 is 3.29. The number of halogens is 1. The van der Waals surface area contributed by atoms with Gasteiger partial charge in [0.15, 0.2) is 0 Å². The molecule has 0 aliphatic heterocycles. The first kappa shape index (κ1) is 17.7. The van der Waals surface area contributed by atoms with E-state index in [1.165, 1.54) is 0 Å². The fourth-order valence-electron chi connectivity index (χ4n) is 2.24. The van der Waals surface area contributed by atoms with Crippen LogP contribution >= 0.6 is 15.9 Å². The summed E-state index contributed by atoms with van der Waals surface area (Å²) in [7, 11) is 1.59. The first-order valence-electron chi connectivity index (χ1n) is 7.63.